The second kappa shape index (κ2) is 7.97. The molecule has 0 amide bonds. The Labute approximate surface area is 101 Å². The Morgan fingerprint density at radius 2 is 2.24 bits per heavy atom. The summed E-state index contributed by atoms with van der Waals surface area (Å²) >= 11 is 0. The van der Waals surface area contributed by atoms with Crippen molar-refractivity contribution in [1.82, 2.24) is 10.3 Å². The van der Waals surface area contributed by atoms with Crippen molar-refractivity contribution in [3.05, 3.63) is 23.6 Å². The molecule has 1 N–H and O–H groups in total. The first-order valence-corrected chi connectivity index (χ1v) is 5.74. The van der Waals surface area contributed by atoms with Gasteiger partial charge in [0.2, 0.25) is 5.88 Å². The van der Waals surface area contributed by atoms with Gasteiger partial charge in [0.15, 0.2) is 0 Å². The van der Waals surface area contributed by atoms with Gasteiger partial charge in [-0.15, -0.1) is 0 Å². The minimum Gasteiger partial charge on any atom is -0.475 e. The number of rotatable bonds is 8. The highest BCUT2D eigenvalue weighted by atomic mass is 19.1. The molecule has 0 fully saturated rings. The lowest BCUT2D eigenvalue weighted by molar-refractivity contribution is 0.143. The summed E-state index contributed by atoms with van der Waals surface area (Å²) in [4.78, 5) is 3.94. The van der Waals surface area contributed by atoms with Crippen molar-refractivity contribution < 1.29 is 13.9 Å². The fraction of sp³-hybridized carbons (Fsp3) is 0.583. The van der Waals surface area contributed by atoms with E-state index in [1.54, 1.807) is 7.11 Å². The summed E-state index contributed by atoms with van der Waals surface area (Å²) in [5.41, 5.74) is 0.731. The Kier molecular flexibility index (Phi) is 6.50. The highest BCUT2D eigenvalue weighted by molar-refractivity contribution is 5.26. The van der Waals surface area contributed by atoms with Crippen LogP contribution < -0.4 is 10.1 Å². The van der Waals surface area contributed by atoms with Crippen molar-refractivity contribution in [1.29, 1.82) is 0 Å². The third kappa shape index (κ3) is 5.10. The van der Waals surface area contributed by atoms with Gasteiger partial charge >= 0.3 is 0 Å². The molecule has 1 heterocycles. The Balaban J connectivity index is 2.59. The first-order valence-electron chi connectivity index (χ1n) is 5.74. The van der Waals surface area contributed by atoms with Crippen molar-refractivity contribution in [3.63, 3.8) is 0 Å². The average Bonchev–Trinajstić information content (AvgIpc) is 2.32. The second-order valence-corrected chi connectivity index (χ2v) is 3.64. The van der Waals surface area contributed by atoms with Gasteiger partial charge in [0.25, 0.3) is 0 Å². The summed E-state index contributed by atoms with van der Waals surface area (Å²) in [5, 5.41) is 3.19. The minimum absolute atomic E-state index is 0.350. The van der Waals surface area contributed by atoms with E-state index in [2.05, 4.69) is 17.2 Å². The molecule has 0 aliphatic rings. The number of halogens is 1. The standard InChI is InChI=1S/C12H19FN2O2/c1-3-4-14-8-10-7-11(13)9-15-12(10)17-6-5-16-2/h7,9,14H,3-6,8H2,1-2H3. The van der Waals surface area contributed by atoms with Crippen molar-refractivity contribution in [2.75, 3.05) is 26.9 Å². The molecule has 96 valence electrons. The predicted octanol–water partition coefficient (Wildman–Crippen LogP) is 1.75. The number of hydrogen-bond donors (Lipinski definition) is 1. The average molecular weight is 242 g/mol. The van der Waals surface area contributed by atoms with E-state index in [4.69, 9.17) is 9.47 Å². The van der Waals surface area contributed by atoms with Gasteiger partial charge in [-0.2, -0.15) is 0 Å². The van der Waals surface area contributed by atoms with E-state index in [1.165, 1.54) is 6.07 Å². The minimum atomic E-state index is -0.350. The smallest absolute Gasteiger partial charge is 0.218 e. The number of methoxy groups -OCH3 is 1. The molecular formula is C12H19FN2O2. The van der Waals surface area contributed by atoms with Crippen LogP contribution in [0.2, 0.25) is 0 Å². The maximum Gasteiger partial charge on any atom is 0.218 e. The molecule has 1 aromatic heterocycles. The molecule has 0 radical (unpaired) electrons. The molecule has 0 saturated carbocycles. The summed E-state index contributed by atoms with van der Waals surface area (Å²) < 4.78 is 23.4. The number of ether oxygens (including phenoxy) is 2. The molecule has 1 aromatic rings. The van der Waals surface area contributed by atoms with Crippen LogP contribution in [0.3, 0.4) is 0 Å². The normalized spacial score (nSPS) is 10.5. The Morgan fingerprint density at radius 1 is 1.41 bits per heavy atom. The zero-order valence-electron chi connectivity index (χ0n) is 10.3. The van der Waals surface area contributed by atoms with Crippen molar-refractivity contribution >= 4 is 0 Å². The molecule has 17 heavy (non-hydrogen) atoms. The van der Waals surface area contributed by atoms with Crippen LogP contribution in [-0.2, 0) is 11.3 Å². The van der Waals surface area contributed by atoms with Crippen molar-refractivity contribution in [2.45, 2.75) is 19.9 Å². The van der Waals surface area contributed by atoms with E-state index in [0.717, 1.165) is 24.7 Å². The third-order valence-electron chi connectivity index (χ3n) is 2.16. The van der Waals surface area contributed by atoms with Crippen LogP contribution in [0.4, 0.5) is 4.39 Å². The molecule has 5 heteroatoms. The van der Waals surface area contributed by atoms with Gasteiger partial charge in [-0.1, -0.05) is 6.92 Å². The first kappa shape index (κ1) is 13.9. The van der Waals surface area contributed by atoms with Crippen LogP contribution in [0.15, 0.2) is 12.3 Å². The molecule has 0 saturated heterocycles. The van der Waals surface area contributed by atoms with Crippen LogP contribution in [0, 0.1) is 5.82 Å². The molecule has 0 bridgehead atoms. The van der Waals surface area contributed by atoms with Gasteiger partial charge in [0.1, 0.15) is 12.4 Å². The Hall–Kier alpha value is -1.20. The van der Waals surface area contributed by atoms with Crippen molar-refractivity contribution in [3.8, 4) is 5.88 Å². The SMILES string of the molecule is CCCNCc1cc(F)cnc1OCCOC. The van der Waals surface area contributed by atoms with Gasteiger partial charge in [-0.25, -0.2) is 9.37 Å². The first-order chi connectivity index (χ1) is 8.27. The zero-order valence-corrected chi connectivity index (χ0v) is 10.3. The van der Waals surface area contributed by atoms with Crippen molar-refractivity contribution in [2.24, 2.45) is 0 Å². The number of hydrogen-bond acceptors (Lipinski definition) is 4. The maximum atomic E-state index is 13.1. The predicted molar refractivity (Wildman–Crippen MR) is 63.6 cm³/mol. The van der Waals surface area contributed by atoms with Gasteiger partial charge in [-0.05, 0) is 19.0 Å². The highest BCUT2D eigenvalue weighted by Crippen LogP contribution is 2.15. The van der Waals surface area contributed by atoms with E-state index in [-0.39, 0.29) is 5.82 Å². The molecule has 0 aliphatic carbocycles. The van der Waals surface area contributed by atoms with Gasteiger partial charge in [0.05, 0.1) is 12.8 Å². The number of aromatic nitrogens is 1. The van der Waals surface area contributed by atoms with Crippen LogP contribution in [-0.4, -0.2) is 31.9 Å². The lowest BCUT2D eigenvalue weighted by atomic mass is 10.2. The fourth-order valence-corrected chi connectivity index (χ4v) is 1.35. The van der Waals surface area contributed by atoms with Gasteiger partial charge in [-0.3, -0.25) is 0 Å². The molecule has 0 aromatic carbocycles. The topological polar surface area (TPSA) is 43.4 Å². The lowest BCUT2D eigenvalue weighted by Gasteiger charge is -2.10. The quantitative estimate of drug-likeness (QED) is 0.705. The molecule has 0 unspecified atom stereocenters. The zero-order chi connectivity index (χ0) is 12.5. The Bertz CT molecular complexity index is 334. The molecule has 1 rings (SSSR count). The van der Waals surface area contributed by atoms with E-state index in [1.807, 2.05) is 0 Å². The van der Waals surface area contributed by atoms with Crippen LogP contribution in [0.5, 0.6) is 5.88 Å². The van der Waals surface area contributed by atoms with E-state index >= 15 is 0 Å². The van der Waals surface area contributed by atoms with Crippen LogP contribution >= 0.6 is 0 Å². The van der Waals surface area contributed by atoms with E-state index in [0.29, 0.717) is 25.6 Å². The summed E-state index contributed by atoms with van der Waals surface area (Å²) in [5.74, 6) is 0.115. The van der Waals surface area contributed by atoms with E-state index in [9.17, 15) is 4.39 Å². The summed E-state index contributed by atoms with van der Waals surface area (Å²) in [6.45, 7) is 4.42. The molecule has 0 spiro atoms. The monoisotopic (exact) mass is 242 g/mol. The molecular weight excluding hydrogens is 223 g/mol. The van der Waals surface area contributed by atoms with E-state index < -0.39 is 0 Å². The van der Waals surface area contributed by atoms with Gasteiger partial charge < -0.3 is 14.8 Å². The number of nitrogens with one attached hydrogen (secondary N) is 1. The lowest BCUT2D eigenvalue weighted by Crippen LogP contribution is -2.16. The summed E-state index contributed by atoms with van der Waals surface area (Å²) in [6, 6.07) is 1.44. The highest BCUT2D eigenvalue weighted by Gasteiger charge is 2.06. The fourth-order valence-electron chi connectivity index (χ4n) is 1.35. The maximum absolute atomic E-state index is 13.1. The van der Waals surface area contributed by atoms with Gasteiger partial charge in [0, 0.05) is 19.2 Å². The number of nitrogens with zero attached hydrogens (tertiary/aromatic N) is 1. The molecule has 4 nitrogen and oxygen atoms in total. The summed E-state index contributed by atoms with van der Waals surface area (Å²) in [7, 11) is 1.60. The summed E-state index contributed by atoms with van der Waals surface area (Å²) in [6.07, 6.45) is 2.19. The second-order valence-electron chi connectivity index (χ2n) is 3.64. The largest absolute Gasteiger partial charge is 0.475 e. The van der Waals surface area contributed by atoms with Crippen LogP contribution in [0.25, 0.3) is 0 Å². The molecule has 0 atom stereocenters. The Morgan fingerprint density at radius 3 is 2.94 bits per heavy atom. The third-order valence-corrected chi connectivity index (χ3v) is 2.16. The molecule has 0 aliphatic heterocycles. The van der Waals surface area contributed by atoms with Crippen LogP contribution in [0.1, 0.15) is 18.9 Å². The number of pyridine rings is 1.